The van der Waals surface area contributed by atoms with Crippen LogP contribution in [0.15, 0.2) is 36.7 Å². The molecule has 1 amide bonds. The summed E-state index contributed by atoms with van der Waals surface area (Å²) in [6, 6.07) is 7.76. The topological polar surface area (TPSA) is 87.1 Å². The van der Waals surface area contributed by atoms with E-state index >= 15 is 0 Å². The Kier molecular flexibility index (Phi) is 5.84. The van der Waals surface area contributed by atoms with Gasteiger partial charge in [0.15, 0.2) is 0 Å². The SMILES string of the molecule is CCCN/C=C(\C=N)c1cc(OCC2CNC(=O)C2)c2cccnc2c1. The Bertz CT molecular complexity index is 832. The first-order valence-electron chi connectivity index (χ1n) is 8.94. The van der Waals surface area contributed by atoms with E-state index in [1.165, 1.54) is 6.21 Å². The van der Waals surface area contributed by atoms with Crippen LogP contribution in [-0.2, 0) is 4.79 Å². The third-order valence-electron chi connectivity index (χ3n) is 4.36. The summed E-state index contributed by atoms with van der Waals surface area (Å²) in [6.45, 7) is 4.08. The number of hydrogen-bond donors (Lipinski definition) is 3. The van der Waals surface area contributed by atoms with E-state index in [0.717, 1.165) is 40.8 Å². The van der Waals surface area contributed by atoms with Crippen LogP contribution in [0.1, 0.15) is 25.3 Å². The van der Waals surface area contributed by atoms with Crippen molar-refractivity contribution in [2.24, 2.45) is 5.92 Å². The van der Waals surface area contributed by atoms with Crippen molar-refractivity contribution in [1.29, 1.82) is 5.41 Å². The molecule has 3 rings (SSSR count). The zero-order valence-corrected chi connectivity index (χ0v) is 14.9. The van der Waals surface area contributed by atoms with Crippen molar-refractivity contribution in [3.05, 3.63) is 42.2 Å². The summed E-state index contributed by atoms with van der Waals surface area (Å²) in [5, 5.41) is 14.7. The Morgan fingerprint density at radius 1 is 1.50 bits per heavy atom. The molecule has 0 aliphatic carbocycles. The van der Waals surface area contributed by atoms with E-state index in [9.17, 15) is 4.79 Å². The molecule has 1 unspecified atom stereocenters. The first kappa shape index (κ1) is 17.9. The summed E-state index contributed by atoms with van der Waals surface area (Å²) in [4.78, 5) is 15.8. The molecule has 0 spiro atoms. The molecule has 1 atom stereocenters. The van der Waals surface area contributed by atoms with Gasteiger partial charge in [-0.25, -0.2) is 0 Å². The number of aromatic nitrogens is 1. The molecular weight excluding hydrogens is 328 g/mol. The molecule has 6 heteroatoms. The van der Waals surface area contributed by atoms with Gasteiger partial charge in [0, 0.05) is 55.0 Å². The van der Waals surface area contributed by atoms with Crippen LogP contribution in [0.3, 0.4) is 0 Å². The number of nitrogens with one attached hydrogen (secondary N) is 3. The molecule has 0 bridgehead atoms. The van der Waals surface area contributed by atoms with Crippen molar-refractivity contribution >= 4 is 28.6 Å². The van der Waals surface area contributed by atoms with Crippen molar-refractivity contribution in [3.63, 3.8) is 0 Å². The maximum atomic E-state index is 11.4. The van der Waals surface area contributed by atoms with Crippen LogP contribution < -0.4 is 15.4 Å². The van der Waals surface area contributed by atoms with Gasteiger partial charge >= 0.3 is 0 Å². The second-order valence-electron chi connectivity index (χ2n) is 6.43. The van der Waals surface area contributed by atoms with E-state index in [4.69, 9.17) is 10.1 Å². The smallest absolute Gasteiger partial charge is 0.220 e. The third-order valence-corrected chi connectivity index (χ3v) is 4.36. The number of pyridine rings is 1. The van der Waals surface area contributed by atoms with E-state index in [1.54, 1.807) is 6.20 Å². The van der Waals surface area contributed by atoms with Crippen LogP contribution in [-0.4, -0.2) is 36.8 Å². The van der Waals surface area contributed by atoms with E-state index in [2.05, 4.69) is 22.5 Å². The number of fused-ring (bicyclic) bond motifs is 1. The highest BCUT2D eigenvalue weighted by atomic mass is 16.5. The number of carbonyl (C=O) groups is 1. The molecule has 1 aromatic carbocycles. The minimum atomic E-state index is 0.0786. The average Bonchev–Trinajstić information content (AvgIpc) is 3.08. The molecule has 2 aromatic rings. The molecule has 1 fully saturated rings. The maximum Gasteiger partial charge on any atom is 0.220 e. The van der Waals surface area contributed by atoms with Gasteiger partial charge in [-0.05, 0) is 36.2 Å². The molecule has 0 radical (unpaired) electrons. The monoisotopic (exact) mass is 352 g/mol. The van der Waals surface area contributed by atoms with Gasteiger partial charge in [-0.3, -0.25) is 9.78 Å². The highest BCUT2D eigenvalue weighted by molar-refractivity contribution is 6.09. The fourth-order valence-electron chi connectivity index (χ4n) is 2.96. The largest absolute Gasteiger partial charge is 0.492 e. The molecule has 26 heavy (non-hydrogen) atoms. The summed E-state index contributed by atoms with van der Waals surface area (Å²) < 4.78 is 6.06. The normalized spacial score (nSPS) is 17.2. The minimum Gasteiger partial charge on any atom is -0.492 e. The average molecular weight is 352 g/mol. The summed E-state index contributed by atoms with van der Waals surface area (Å²) in [6.07, 6.45) is 6.45. The second kappa shape index (κ2) is 8.47. The fourth-order valence-corrected chi connectivity index (χ4v) is 2.96. The highest BCUT2D eigenvalue weighted by Gasteiger charge is 2.22. The van der Waals surface area contributed by atoms with Crippen molar-refractivity contribution in [2.75, 3.05) is 19.7 Å². The van der Waals surface area contributed by atoms with E-state index in [-0.39, 0.29) is 11.8 Å². The minimum absolute atomic E-state index is 0.0786. The lowest BCUT2D eigenvalue weighted by atomic mass is 10.0. The molecular formula is C20H24N4O2. The van der Waals surface area contributed by atoms with E-state index in [0.29, 0.717) is 19.6 Å². The number of nitrogens with zero attached hydrogens (tertiary/aromatic N) is 1. The predicted molar refractivity (Wildman–Crippen MR) is 103 cm³/mol. The van der Waals surface area contributed by atoms with Crippen molar-refractivity contribution in [2.45, 2.75) is 19.8 Å². The van der Waals surface area contributed by atoms with Crippen LogP contribution in [0, 0.1) is 11.3 Å². The number of ether oxygens (including phenoxy) is 1. The molecule has 3 N–H and O–H groups in total. The molecule has 0 saturated carbocycles. The standard InChI is InChI=1S/C20H24N4O2/c1-2-5-22-12-16(10-21)15-8-18-17(4-3-6-23-18)19(9-15)26-13-14-7-20(25)24-11-14/h3-4,6,8-10,12,14,21-22H,2,5,7,11,13H2,1H3,(H,24,25)/b16-12+,21-10?. The van der Waals surface area contributed by atoms with Crippen LogP contribution in [0.2, 0.25) is 0 Å². The van der Waals surface area contributed by atoms with Gasteiger partial charge < -0.3 is 20.8 Å². The van der Waals surface area contributed by atoms with Crippen LogP contribution in [0.4, 0.5) is 0 Å². The summed E-state index contributed by atoms with van der Waals surface area (Å²) in [7, 11) is 0. The van der Waals surface area contributed by atoms with Gasteiger partial charge in [0.1, 0.15) is 5.75 Å². The summed E-state index contributed by atoms with van der Waals surface area (Å²) in [5.41, 5.74) is 2.47. The number of carbonyl (C=O) groups excluding carboxylic acids is 1. The van der Waals surface area contributed by atoms with Gasteiger partial charge in [0.2, 0.25) is 5.91 Å². The number of benzene rings is 1. The van der Waals surface area contributed by atoms with Gasteiger partial charge in [-0.15, -0.1) is 0 Å². The lowest BCUT2D eigenvalue weighted by Crippen LogP contribution is -2.17. The molecule has 1 aromatic heterocycles. The summed E-state index contributed by atoms with van der Waals surface area (Å²) in [5.74, 6) is 0.991. The Labute approximate surface area is 153 Å². The number of hydrogen-bond acceptors (Lipinski definition) is 5. The molecule has 1 saturated heterocycles. The maximum absolute atomic E-state index is 11.4. The Morgan fingerprint density at radius 3 is 3.12 bits per heavy atom. The van der Waals surface area contributed by atoms with Gasteiger partial charge in [-0.2, -0.15) is 0 Å². The quantitative estimate of drug-likeness (QED) is 0.504. The number of rotatable bonds is 8. The fraction of sp³-hybridized carbons (Fsp3) is 0.350. The van der Waals surface area contributed by atoms with Gasteiger partial charge in [-0.1, -0.05) is 6.92 Å². The molecule has 6 nitrogen and oxygen atoms in total. The summed E-state index contributed by atoms with van der Waals surface area (Å²) >= 11 is 0. The first-order chi connectivity index (χ1) is 12.7. The zero-order chi connectivity index (χ0) is 18.4. The van der Waals surface area contributed by atoms with E-state index < -0.39 is 0 Å². The van der Waals surface area contributed by atoms with Crippen molar-refractivity contribution < 1.29 is 9.53 Å². The van der Waals surface area contributed by atoms with Crippen LogP contribution >= 0.6 is 0 Å². The van der Waals surface area contributed by atoms with Crippen molar-refractivity contribution in [1.82, 2.24) is 15.6 Å². The first-order valence-corrected chi connectivity index (χ1v) is 8.94. The van der Waals surface area contributed by atoms with Gasteiger partial charge in [0.25, 0.3) is 0 Å². The Balaban J connectivity index is 1.89. The highest BCUT2D eigenvalue weighted by Crippen LogP contribution is 2.29. The lowest BCUT2D eigenvalue weighted by molar-refractivity contribution is -0.119. The Hall–Kier alpha value is -2.89. The van der Waals surface area contributed by atoms with E-state index in [1.807, 2.05) is 30.5 Å². The molecule has 2 heterocycles. The number of allylic oxidation sites excluding steroid dienone is 1. The predicted octanol–water partition coefficient (Wildman–Crippen LogP) is 2.74. The van der Waals surface area contributed by atoms with Gasteiger partial charge in [0.05, 0.1) is 12.1 Å². The molecule has 1 aliphatic rings. The second-order valence-corrected chi connectivity index (χ2v) is 6.43. The Morgan fingerprint density at radius 2 is 2.38 bits per heavy atom. The number of amides is 1. The zero-order valence-electron chi connectivity index (χ0n) is 14.9. The van der Waals surface area contributed by atoms with Crippen LogP contribution in [0.25, 0.3) is 16.5 Å². The lowest BCUT2D eigenvalue weighted by Gasteiger charge is -2.14. The third kappa shape index (κ3) is 4.20. The molecule has 1 aliphatic heterocycles. The van der Waals surface area contributed by atoms with Crippen LogP contribution in [0.5, 0.6) is 5.75 Å². The molecule has 136 valence electrons. The van der Waals surface area contributed by atoms with Crippen molar-refractivity contribution in [3.8, 4) is 5.75 Å².